The van der Waals surface area contributed by atoms with Crippen LogP contribution < -0.4 is 16.2 Å². The highest BCUT2D eigenvalue weighted by atomic mass is 16.6. The smallest absolute Gasteiger partial charge is 0.312 e. The molecular formula is C12H13N5O2. The highest BCUT2D eigenvalue weighted by molar-refractivity contribution is 5.69. The van der Waals surface area contributed by atoms with Crippen molar-refractivity contribution in [2.24, 2.45) is 5.84 Å². The number of nitrogen functional groups attached to an aromatic ring is 1. The number of hydrogen-bond donors (Lipinski definition) is 2. The topological polar surface area (TPSA) is 97.3 Å². The van der Waals surface area contributed by atoms with E-state index in [-0.39, 0.29) is 11.5 Å². The SMILES string of the molecule is CN(c1ccccc1)c1nc(NN)ccc1[N+](=O)[O-]. The van der Waals surface area contributed by atoms with Crippen LogP contribution in [0.2, 0.25) is 0 Å². The fourth-order valence-electron chi connectivity index (χ4n) is 1.68. The number of rotatable bonds is 4. The second-order valence-electron chi connectivity index (χ2n) is 3.84. The van der Waals surface area contributed by atoms with Crippen LogP contribution in [-0.2, 0) is 0 Å². The highest BCUT2D eigenvalue weighted by Crippen LogP contribution is 2.31. The number of nitro groups is 1. The molecule has 2 rings (SSSR count). The Morgan fingerprint density at radius 3 is 2.53 bits per heavy atom. The third-order valence-corrected chi connectivity index (χ3v) is 2.66. The molecule has 0 aliphatic carbocycles. The summed E-state index contributed by atoms with van der Waals surface area (Å²) in [5, 5.41) is 11.0. The molecule has 2 aromatic rings. The van der Waals surface area contributed by atoms with Gasteiger partial charge in [-0.05, 0) is 18.2 Å². The van der Waals surface area contributed by atoms with Crippen molar-refractivity contribution in [2.75, 3.05) is 17.4 Å². The van der Waals surface area contributed by atoms with Gasteiger partial charge in [0.15, 0.2) is 0 Å². The van der Waals surface area contributed by atoms with Gasteiger partial charge in [0, 0.05) is 18.8 Å². The lowest BCUT2D eigenvalue weighted by Crippen LogP contribution is -2.16. The van der Waals surface area contributed by atoms with Crippen molar-refractivity contribution in [3.05, 3.63) is 52.6 Å². The van der Waals surface area contributed by atoms with Crippen molar-refractivity contribution >= 4 is 23.0 Å². The Balaban J connectivity index is 2.50. The number of anilines is 3. The Morgan fingerprint density at radius 2 is 1.95 bits per heavy atom. The Morgan fingerprint density at radius 1 is 1.26 bits per heavy atom. The number of nitrogens with zero attached hydrogens (tertiary/aromatic N) is 3. The zero-order valence-electron chi connectivity index (χ0n) is 10.3. The van der Waals surface area contributed by atoms with E-state index in [0.29, 0.717) is 5.82 Å². The maximum absolute atomic E-state index is 11.0. The van der Waals surface area contributed by atoms with Crippen LogP contribution in [0.5, 0.6) is 0 Å². The minimum absolute atomic E-state index is 0.0784. The molecule has 0 aliphatic rings. The molecule has 7 heteroatoms. The summed E-state index contributed by atoms with van der Waals surface area (Å²) in [5.74, 6) is 5.88. The van der Waals surface area contributed by atoms with E-state index in [4.69, 9.17) is 5.84 Å². The van der Waals surface area contributed by atoms with Crippen LogP contribution in [-0.4, -0.2) is 17.0 Å². The van der Waals surface area contributed by atoms with Crippen molar-refractivity contribution in [1.82, 2.24) is 4.98 Å². The molecule has 0 fully saturated rings. The normalized spacial score (nSPS) is 10.0. The van der Waals surface area contributed by atoms with Crippen LogP contribution in [0.1, 0.15) is 0 Å². The van der Waals surface area contributed by atoms with E-state index >= 15 is 0 Å². The summed E-state index contributed by atoms with van der Waals surface area (Å²) in [7, 11) is 1.71. The molecule has 1 heterocycles. The average molecular weight is 259 g/mol. The van der Waals surface area contributed by atoms with Crippen LogP contribution >= 0.6 is 0 Å². The molecule has 0 atom stereocenters. The molecule has 0 amide bonds. The molecule has 1 aromatic heterocycles. The van der Waals surface area contributed by atoms with Gasteiger partial charge in [-0.25, -0.2) is 10.8 Å². The summed E-state index contributed by atoms with van der Waals surface area (Å²) < 4.78 is 0. The summed E-state index contributed by atoms with van der Waals surface area (Å²) in [4.78, 5) is 16.3. The Labute approximate surface area is 109 Å². The average Bonchev–Trinajstić information content (AvgIpc) is 2.46. The van der Waals surface area contributed by atoms with Crippen LogP contribution in [0.15, 0.2) is 42.5 Å². The molecule has 0 saturated heterocycles. The van der Waals surface area contributed by atoms with Crippen molar-refractivity contribution < 1.29 is 4.92 Å². The third kappa shape index (κ3) is 2.61. The van der Waals surface area contributed by atoms with Crippen LogP contribution in [0.4, 0.5) is 23.0 Å². The minimum atomic E-state index is -0.470. The van der Waals surface area contributed by atoms with E-state index in [1.165, 1.54) is 12.1 Å². The van der Waals surface area contributed by atoms with E-state index in [2.05, 4.69) is 10.4 Å². The zero-order valence-corrected chi connectivity index (χ0v) is 10.3. The van der Waals surface area contributed by atoms with Crippen molar-refractivity contribution in [3.8, 4) is 0 Å². The van der Waals surface area contributed by atoms with Crippen LogP contribution in [0.3, 0.4) is 0 Å². The summed E-state index contributed by atoms with van der Waals surface area (Å²) in [5.41, 5.74) is 3.10. The predicted octanol–water partition coefficient (Wildman–Crippen LogP) is 2.04. The fourth-order valence-corrected chi connectivity index (χ4v) is 1.68. The second-order valence-corrected chi connectivity index (χ2v) is 3.84. The number of aromatic nitrogens is 1. The van der Waals surface area contributed by atoms with E-state index in [0.717, 1.165) is 5.69 Å². The Bertz CT molecular complexity index is 588. The van der Waals surface area contributed by atoms with E-state index in [9.17, 15) is 10.1 Å². The van der Waals surface area contributed by atoms with Crippen LogP contribution in [0, 0.1) is 10.1 Å². The number of para-hydroxylation sites is 1. The highest BCUT2D eigenvalue weighted by Gasteiger charge is 2.20. The first-order valence-electron chi connectivity index (χ1n) is 5.54. The van der Waals surface area contributed by atoms with Gasteiger partial charge < -0.3 is 10.3 Å². The lowest BCUT2D eigenvalue weighted by atomic mass is 10.3. The van der Waals surface area contributed by atoms with Gasteiger partial charge in [-0.1, -0.05) is 18.2 Å². The van der Waals surface area contributed by atoms with Gasteiger partial charge in [-0.3, -0.25) is 10.1 Å². The lowest BCUT2D eigenvalue weighted by Gasteiger charge is -2.18. The number of hydrazine groups is 1. The van der Waals surface area contributed by atoms with Gasteiger partial charge >= 0.3 is 5.69 Å². The summed E-state index contributed by atoms with van der Waals surface area (Å²) in [6.07, 6.45) is 0. The molecule has 98 valence electrons. The standard InChI is InChI=1S/C12H13N5O2/c1-16(9-5-3-2-4-6-9)12-10(17(18)19)7-8-11(14-12)15-13/h2-8H,13H2,1H3,(H,14,15). The Hall–Kier alpha value is -2.67. The fraction of sp³-hybridized carbons (Fsp3) is 0.0833. The molecule has 0 radical (unpaired) electrons. The summed E-state index contributed by atoms with van der Waals surface area (Å²) >= 11 is 0. The maximum atomic E-state index is 11.0. The van der Waals surface area contributed by atoms with E-state index in [1.54, 1.807) is 11.9 Å². The van der Waals surface area contributed by atoms with Gasteiger partial charge in [-0.15, -0.1) is 0 Å². The summed E-state index contributed by atoms with van der Waals surface area (Å²) in [6.45, 7) is 0. The first-order valence-corrected chi connectivity index (χ1v) is 5.54. The number of nitrogens with one attached hydrogen (secondary N) is 1. The maximum Gasteiger partial charge on any atom is 0.312 e. The van der Waals surface area contributed by atoms with E-state index in [1.807, 2.05) is 30.3 Å². The van der Waals surface area contributed by atoms with Gasteiger partial charge in [-0.2, -0.15) is 0 Å². The second kappa shape index (κ2) is 5.32. The van der Waals surface area contributed by atoms with E-state index < -0.39 is 4.92 Å². The third-order valence-electron chi connectivity index (χ3n) is 2.66. The first-order chi connectivity index (χ1) is 9.13. The molecule has 0 saturated carbocycles. The monoisotopic (exact) mass is 259 g/mol. The van der Waals surface area contributed by atoms with Crippen molar-refractivity contribution in [2.45, 2.75) is 0 Å². The number of hydrogen-bond acceptors (Lipinski definition) is 6. The van der Waals surface area contributed by atoms with Gasteiger partial charge in [0.2, 0.25) is 5.82 Å². The lowest BCUT2D eigenvalue weighted by molar-refractivity contribution is -0.384. The number of benzene rings is 1. The molecular weight excluding hydrogens is 246 g/mol. The van der Waals surface area contributed by atoms with Crippen molar-refractivity contribution in [3.63, 3.8) is 0 Å². The molecule has 1 aromatic carbocycles. The molecule has 7 nitrogen and oxygen atoms in total. The minimum Gasteiger partial charge on any atom is -0.324 e. The molecule has 19 heavy (non-hydrogen) atoms. The molecule has 0 bridgehead atoms. The van der Waals surface area contributed by atoms with Crippen LogP contribution in [0.25, 0.3) is 0 Å². The molecule has 3 N–H and O–H groups in total. The molecule has 0 aliphatic heterocycles. The molecule has 0 spiro atoms. The van der Waals surface area contributed by atoms with Gasteiger partial charge in [0.1, 0.15) is 5.82 Å². The first kappa shape index (κ1) is 12.8. The quantitative estimate of drug-likeness (QED) is 0.495. The number of pyridine rings is 1. The Kier molecular flexibility index (Phi) is 3.58. The van der Waals surface area contributed by atoms with Gasteiger partial charge in [0.25, 0.3) is 0 Å². The summed E-state index contributed by atoms with van der Waals surface area (Å²) in [6, 6.07) is 12.1. The van der Waals surface area contributed by atoms with Crippen molar-refractivity contribution in [1.29, 1.82) is 0 Å². The van der Waals surface area contributed by atoms with Gasteiger partial charge in [0.05, 0.1) is 4.92 Å². The zero-order chi connectivity index (χ0) is 13.8. The number of nitrogens with two attached hydrogens (primary N) is 1. The molecule has 0 unspecified atom stereocenters. The predicted molar refractivity (Wildman–Crippen MR) is 73.2 cm³/mol. The largest absolute Gasteiger partial charge is 0.324 e.